The van der Waals surface area contributed by atoms with Crippen molar-refractivity contribution in [1.29, 1.82) is 0 Å². The lowest BCUT2D eigenvalue weighted by atomic mass is 9.98. The highest BCUT2D eigenvalue weighted by Crippen LogP contribution is 2.20. The second-order valence-electron chi connectivity index (χ2n) is 4.45. The van der Waals surface area contributed by atoms with Crippen molar-refractivity contribution in [3.8, 4) is 0 Å². The molecule has 1 fully saturated rings. The molecule has 0 radical (unpaired) electrons. The van der Waals surface area contributed by atoms with Crippen molar-refractivity contribution >= 4 is 5.97 Å². The summed E-state index contributed by atoms with van der Waals surface area (Å²) in [6, 6.07) is -0.410. The summed E-state index contributed by atoms with van der Waals surface area (Å²) in [5, 5.41) is 0. The number of nitrogens with two attached hydrogens (primary N) is 1. The van der Waals surface area contributed by atoms with Gasteiger partial charge in [0.1, 0.15) is 12.1 Å². The van der Waals surface area contributed by atoms with Crippen molar-refractivity contribution in [3.05, 3.63) is 0 Å². The number of esters is 1. The lowest BCUT2D eigenvalue weighted by Gasteiger charge is -2.23. The molecule has 0 heterocycles. The number of ether oxygens (including phenoxy) is 1. The van der Waals surface area contributed by atoms with Crippen LogP contribution in [0.4, 0.5) is 0 Å². The number of hydrogen-bond acceptors (Lipinski definition) is 3. The molecular formula is C12H23NO2. The van der Waals surface area contributed by atoms with Gasteiger partial charge in [0, 0.05) is 0 Å². The summed E-state index contributed by atoms with van der Waals surface area (Å²) in [4.78, 5) is 11.6. The van der Waals surface area contributed by atoms with Gasteiger partial charge in [-0.25, -0.2) is 0 Å². The zero-order valence-electron chi connectivity index (χ0n) is 9.71. The average Bonchev–Trinajstić information content (AvgIpc) is 2.27. The maximum Gasteiger partial charge on any atom is 0.323 e. The average molecular weight is 213 g/mol. The van der Waals surface area contributed by atoms with E-state index in [2.05, 4.69) is 6.92 Å². The third-order valence-electron chi connectivity index (χ3n) is 3.01. The Morgan fingerprint density at radius 1 is 1.40 bits per heavy atom. The van der Waals surface area contributed by atoms with Crippen molar-refractivity contribution < 1.29 is 9.53 Å². The highest BCUT2D eigenvalue weighted by Gasteiger charge is 2.21. The zero-order chi connectivity index (χ0) is 11.1. The molecule has 0 aliphatic heterocycles. The van der Waals surface area contributed by atoms with E-state index in [0.29, 0.717) is 0 Å². The summed E-state index contributed by atoms with van der Waals surface area (Å²) in [6.07, 6.45) is 8.64. The highest BCUT2D eigenvalue weighted by molar-refractivity contribution is 5.75. The van der Waals surface area contributed by atoms with Gasteiger partial charge in [-0.3, -0.25) is 4.79 Å². The van der Waals surface area contributed by atoms with Gasteiger partial charge >= 0.3 is 5.97 Å². The van der Waals surface area contributed by atoms with E-state index in [4.69, 9.17) is 10.5 Å². The second-order valence-corrected chi connectivity index (χ2v) is 4.45. The molecule has 3 heteroatoms. The first kappa shape index (κ1) is 12.5. The van der Waals surface area contributed by atoms with E-state index < -0.39 is 6.04 Å². The molecule has 0 aromatic heterocycles. The molecule has 1 rings (SSSR count). The normalized spacial score (nSPS) is 19.9. The number of hydrogen-bond donors (Lipinski definition) is 1. The van der Waals surface area contributed by atoms with Crippen LogP contribution in [0.1, 0.15) is 58.3 Å². The first-order valence-electron chi connectivity index (χ1n) is 6.20. The molecule has 0 spiro atoms. The first-order chi connectivity index (χ1) is 7.24. The lowest BCUT2D eigenvalue weighted by Crippen LogP contribution is -2.35. The molecule has 1 unspecified atom stereocenters. The zero-order valence-corrected chi connectivity index (χ0v) is 9.71. The summed E-state index contributed by atoms with van der Waals surface area (Å²) in [5.74, 6) is -0.199. The number of rotatable bonds is 5. The Labute approximate surface area is 92.4 Å². The van der Waals surface area contributed by atoms with Crippen LogP contribution in [0.2, 0.25) is 0 Å². The lowest BCUT2D eigenvalue weighted by molar-refractivity contribution is -0.152. The van der Waals surface area contributed by atoms with Crippen LogP contribution in [0.15, 0.2) is 0 Å². The molecule has 1 atom stereocenters. The minimum absolute atomic E-state index is 0.138. The predicted octanol–water partition coefficient (Wildman–Crippen LogP) is 2.38. The number of carbonyl (C=O) groups excluding carboxylic acids is 1. The molecule has 0 aromatic rings. The Bertz CT molecular complexity index is 188. The van der Waals surface area contributed by atoms with Crippen LogP contribution in [-0.2, 0) is 9.53 Å². The molecule has 0 amide bonds. The molecule has 1 aliphatic rings. The van der Waals surface area contributed by atoms with Crippen LogP contribution >= 0.6 is 0 Å². The number of unbranched alkanes of at least 4 members (excludes halogenated alkanes) is 1. The van der Waals surface area contributed by atoms with Gasteiger partial charge in [-0.15, -0.1) is 0 Å². The monoisotopic (exact) mass is 213 g/mol. The van der Waals surface area contributed by atoms with E-state index in [0.717, 1.165) is 32.1 Å². The van der Waals surface area contributed by atoms with Crippen LogP contribution < -0.4 is 5.73 Å². The largest absolute Gasteiger partial charge is 0.461 e. The van der Waals surface area contributed by atoms with Crippen LogP contribution in [0.5, 0.6) is 0 Å². The predicted molar refractivity (Wildman–Crippen MR) is 60.5 cm³/mol. The summed E-state index contributed by atoms with van der Waals surface area (Å²) >= 11 is 0. The molecule has 0 saturated heterocycles. The minimum atomic E-state index is -0.410. The van der Waals surface area contributed by atoms with Gasteiger partial charge in [-0.1, -0.05) is 26.2 Å². The van der Waals surface area contributed by atoms with Crippen molar-refractivity contribution in [2.75, 3.05) is 0 Å². The fourth-order valence-corrected chi connectivity index (χ4v) is 1.98. The Morgan fingerprint density at radius 3 is 2.67 bits per heavy atom. The summed E-state index contributed by atoms with van der Waals surface area (Å²) in [7, 11) is 0. The summed E-state index contributed by atoms with van der Waals surface area (Å²) in [5.41, 5.74) is 5.75. The van der Waals surface area contributed by atoms with E-state index in [1.807, 2.05) is 0 Å². The molecule has 15 heavy (non-hydrogen) atoms. The Balaban J connectivity index is 2.20. The van der Waals surface area contributed by atoms with Gasteiger partial charge in [0.15, 0.2) is 0 Å². The van der Waals surface area contributed by atoms with Crippen molar-refractivity contribution in [3.63, 3.8) is 0 Å². The van der Waals surface area contributed by atoms with Crippen molar-refractivity contribution in [2.24, 2.45) is 5.73 Å². The van der Waals surface area contributed by atoms with Gasteiger partial charge in [0.25, 0.3) is 0 Å². The van der Waals surface area contributed by atoms with Gasteiger partial charge in [0.2, 0.25) is 0 Å². The smallest absolute Gasteiger partial charge is 0.323 e. The van der Waals surface area contributed by atoms with Gasteiger partial charge in [0.05, 0.1) is 0 Å². The van der Waals surface area contributed by atoms with Gasteiger partial charge in [-0.05, 0) is 32.1 Å². The first-order valence-corrected chi connectivity index (χ1v) is 6.20. The molecule has 0 aromatic carbocycles. The molecule has 1 aliphatic carbocycles. The third-order valence-corrected chi connectivity index (χ3v) is 3.01. The van der Waals surface area contributed by atoms with E-state index in [1.165, 1.54) is 19.3 Å². The van der Waals surface area contributed by atoms with Crippen LogP contribution in [0, 0.1) is 0 Å². The third kappa shape index (κ3) is 4.65. The van der Waals surface area contributed by atoms with E-state index in [9.17, 15) is 4.79 Å². The van der Waals surface area contributed by atoms with E-state index in [-0.39, 0.29) is 12.1 Å². The summed E-state index contributed by atoms with van der Waals surface area (Å²) < 4.78 is 5.39. The number of carbonyl (C=O) groups is 1. The Kier molecular flexibility index (Phi) is 5.69. The quantitative estimate of drug-likeness (QED) is 0.713. The molecule has 3 nitrogen and oxygen atoms in total. The van der Waals surface area contributed by atoms with E-state index >= 15 is 0 Å². The maximum absolute atomic E-state index is 11.6. The van der Waals surface area contributed by atoms with Gasteiger partial charge < -0.3 is 10.5 Å². The second kappa shape index (κ2) is 6.83. The minimum Gasteiger partial charge on any atom is -0.461 e. The fourth-order valence-electron chi connectivity index (χ4n) is 1.98. The summed E-state index contributed by atoms with van der Waals surface area (Å²) in [6.45, 7) is 2.10. The van der Waals surface area contributed by atoms with E-state index in [1.54, 1.807) is 0 Å². The standard InChI is InChI=1S/C12H23NO2/c1-2-3-9-11(13)12(14)15-10-7-5-4-6-8-10/h10-11H,2-9,13H2,1H3. The van der Waals surface area contributed by atoms with Crippen LogP contribution in [0.25, 0.3) is 0 Å². The highest BCUT2D eigenvalue weighted by atomic mass is 16.5. The Hall–Kier alpha value is -0.570. The van der Waals surface area contributed by atoms with Gasteiger partial charge in [-0.2, -0.15) is 0 Å². The molecule has 2 N–H and O–H groups in total. The maximum atomic E-state index is 11.6. The molecular weight excluding hydrogens is 190 g/mol. The molecule has 0 bridgehead atoms. The molecule has 88 valence electrons. The van der Waals surface area contributed by atoms with Crippen LogP contribution in [-0.4, -0.2) is 18.1 Å². The van der Waals surface area contributed by atoms with Crippen molar-refractivity contribution in [1.82, 2.24) is 0 Å². The Morgan fingerprint density at radius 2 is 2.07 bits per heavy atom. The van der Waals surface area contributed by atoms with Crippen LogP contribution in [0.3, 0.4) is 0 Å². The molecule has 1 saturated carbocycles. The van der Waals surface area contributed by atoms with Crippen molar-refractivity contribution in [2.45, 2.75) is 70.4 Å². The topological polar surface area (TPSA) is 52.3 Å². The SMILES string of the molecule is CCCCC(N)C(=O)OC1CCCCC1. The fraction of sp³-hybridized carbons (Fsp3) is 0.917.